The molecule has 1 fully saturated rings. The molecule has 0 aromatic heterocycles. The molecule has 1 atom stereocenters. The maximum atomic E-state index is 8.58. The number of hydrogen-bond donors (Lipinski definition) is 2. The van der Waals surface area contributed by atoms with Crippen LogP contribution in [0.5, 0.6) is 5.75 Å². The number of nitrogens with two attached hydrogens (primary N) is 1. The third-order valence-corrected chi connectivity index (χ3v) is 6.14. The zero-order valence-corrected chi connectivity index (χ0v) is 18.6. The highest BCUT2D eigenvalue weighted by molar-refractivity contribution is 8.01. The lowest BCUT2D eigenvalue weighted by Gasteiger charge is -2.29. The molecule has 28 heavy (non-hydrogen) atoms. The Hall–Kier alpha value is -1.92. The van der Waals surface area contributed by atoms with Gasteiger partial charge < -0.3 is 15.8 Å². The Morgan fingerprint density at radius 2 is 1.96 bits per heavy atom. The molecular weight excluding hydrogens is 370 g/mol. The first-order valence-corrected chi connectivity index (χ1v) is 10.5. The number of rotatable bonds is 7. The van der Waals surface area contributed by atoms with Crippen LogP contribution in [0.2, 0.25) is 0 Å². The van der Waals surface area contributed by atoms with Crippen LogP contribution in [0.15, 0.2) is 47.0 Å². The molecule has 2 rings (SSSR count). The van der Waals surface area contributed by atoms with Gasteiger partial charge in [-0.15, -0.1) is 0 Å². The molecular formula is C22H35N3O2S. The molecule has 1 aromatic rings. The number of para-hydroxylation sites is 1. The first-order valence-electron chi connectivity index (χ1n) is 9.74. The van der Waals surface area contributed by atoms with Gasteiger partial charge in [0.05, 0.1) is 7.11 Å². The van der Waals surface area contributed by atoms with Crippen molar-refractivity contribution < 1.29 is 9.53 Å². The van der Waals surface area contributed by atoms with E-state index < -0.39 is 0 Å². The number of primary amides is 1. The summed E-state index contributed by atoms with van der Waals surface area (Å²) in [7, 11) is 3.73. The number of nitrogens with zero attached hydrogens (tertiary/aromatic N) is 1. The maximum Gasteiger partial charge on any atom is 0.204 e. The zero-order valence-electron chi connectivity index (χ0n) is 17.8. The second-order valence-corrected chi connectivity index (χ2v) is 8.11. The van der Waals surface area contributed by atoms with E-state index in [4.69, 9.17) is 9.53 Å². The molecule has 156 valence electrons. The lowest BCUT2D eigenvalue weighted by Crippen LogP contribution is -2.27. The van der Waals surface area contributed by atoms with E-state index >= 15 is 0 Å². The van der Waals surface area contributed by atoms with Crippen molar-refractivity contribution >= 4 is 18.4 Å². The fraction of sp³-hybridized carbons (Fsp3) is 0.500. The maximum absolute atomic E-state index is 8.58. The molecule has 1 aliphatic heterocycles. The Balaban J connectivity index is 0.00000122. The van der Waals surface area contributed by atoms with Crippen molar-refractivity contribution in [2.24, 2.45) is 11.7 Å². The summed E-state index contributed by atoms with van der Waals surface area (Å²) in [6.45, 7) is 9.05. The van der Waals surface area contributed by atoms with E-state index in [9.17, 15) is 0 Å². The molecule has 0 spiro atoms. The summed E-state index contributed by atoms with van der Waals surface area (Å²) >= 11 is 1.88. The zero-order chi connectivity index (χ0) is 20.9. The Morgan fingerprint density at radius 3 is 2.54 bits per heavy atom. The predicted molar refractivity (Wildman–Crippen MR) is 120 cm³/mol. The van der Waals surface area contributed by atoms with Crippen LogP contribution in [0.25, 0.3) is 0 Å². The third-order valence-electron chi connectivity index (χ3n) is 4.88. The topological polar surface area (TPSA) is 67.6 Å². The Labute approximate surface area is 174 Å². The smallest absolute Gasteiger partial charge is 0.204 e. The van der Waals surface area contributed by atoms with Gasteiger partial charge in [0.15, 0.2) is 0 Å². The molecule has 0 radical (unpaired) electrons. The molecule has 1 aromatic carbocycles. The van der Waals surface area contributed by atoms with E-state index in [2.05, 4.69) is 60.4 Å². The average Bonchev–Trinajstić information content (AvgIpc) is 2.72. The predicted octanol–water partition coefficient (Wildman–Crippen LogP) is 4.29. The van der Waals surface area contributed by atoms with Crippen LogP contribution < -0.4 is 15.8 Å². The van der Waals surface area contributed by atoms with E-state index in [0.717, 1.165) is 11.7 Å². The molecule has 5 nitrogen and oxygen atoms in total. The minimum atomic E-state index is 0.250. The number of amides is 1. The first kappa shape index (κ1) is 24.1. The summed E-state index contributed by atoms with van der Waals surface area (Å²) in [5, 5.41) is 3.31. The minimum absolute atomic E-state index is 0.250. The normalized spacial score (nSPS) is 17.3. The fourth-order valence-electron chi connectivity index (χ4n) is 2.94. The second kappa shape index (κ2) is 13.3. The van der Waals surface area contributed by atoms with Gasteiger partial charge in [0.1, 0.15) is 5.75 Å². The van der Waals surface area contributed by atoms with E-state index in [1.807, 2.05) is 31.1 Å². The van der Waals surface area contributed by atoms with Crippen LogP contribution in [0.4, 0.5) is 0 Å². The molecule has 0 saturated carbocycles. The number of ether oxygens (including phenoxy) is 1. The molecule has 0 aliphatic carbocycles. The molecule has 3 N–H and O–H groups in total. The second-order valence-electron chi connectivity index (χ2n) is 6.97. The van der Waals surface area contributed by atoms with Crippen molar-refractivity contribution in [1.29, 1.82) is 0 Å². The monoisotopic (exact) mass is 405 g/mol. The molecule has 0 bridgehead atoms. The summed E-state index contributed by atoms with van der Waals surface area (Å²) in [5.41, 5.74) is 6.60. The van der Waals surface area contributed by atoms with Gasteiger partial charge in [-0.25, -0.2) is 4.31 Å². The third kappa shape index (κ3) is 7.98. The highest BCUT2D eigenvalue weighted by Crippen LogP contribution is 2.32. The highest BCUT2D eigenvalue weighted by Gasteiger charge is 2.17. The molecule has 1 amide bonds. The first-order chi connectivity index (χ1) is 13.5. The van der Waals surface area contributed by atoms with Gasteiger partial charge >= 0.3 is 0 Å². The number of nitrogens with one attached hydrogen (secondary N) is 1. The van der Waals surface area contributed by atoms with E-state index in [-0.39, 0.29) is 6.41 Å². The van der Waals surface area contributed by atoms with Crippen molar-refractivity contribution in [1.82, 2.24) is 9.62 Å². The summed E-state index contributed by atoms with van der Waals surface area (Å²) < 4.78 is 8.00. The number of carbonyl (C=O) groups excluding carboxylic acids is 1. The van der Waals surface area contributed by atoms with Gasteiger partial charge in [-0.3, -0.25) is 4.79 Å². The molecule has 1 saturated heterocycles. The minimum Gasteiger partial charge on any atom is -0.496 e. The van der Waals surface area contributed by atoms with Gasteiger partial charge in [-0.2, -0.15) is 0 Å². The SMILES string of the molecule is CN/C(C)=C(\C=C\C(C)c1ccccc1OC)SN1CCC(C)CC1.NC=O. The van der Waals surface area contributed by atoms with Crippen molar-refractivity contribution in [2.45, 2.75) is 39.5 Å². The molecule has 1 unspecified atom stereocenters. The van der Waals surface area contributed by atoms with Crippen molar-refractivity contribution in [3.05, 3.63) is 52.6 Å². The fourth-order valence-corrected chi connectivity index (χ4v) is 3.99. The van der Waals surface area contributed by atoms with Crippen LogP contribution >= 0.6 is 11.9 Å². The number of hydrogen-bond acceptors (Lipinski definition) is 5. The van der Waals surface area contributed by atoms with E-state index in [1.54, 1.807) is 7.11 Å². The summed E-state index contributed by atoms with van der Waals surface area (Å²) in [4.78, 5) is 9.87. The van der Waals surface area contributed by atoms with Crippen molar-refractivity contribution in [3.63, 3.8) is 0 Å². The Kier molecular flexibility index (Phi) is 11.4. The number of piperidine rings is 1. The van der Waals surface area contributed by atoms with Crippen molar-refractivity contribution in [3.8, 4) is 5.75 Å². The molecule has 6 heteroatoms. The molecule has 1 heterocycles. The van der Waals surface area contributed by atoms with Crippen molar-refractivity contribution in [2.75, 3.05) is 27.2 Å². The lowest BCUT2D eigenvalue weighted by molar-refractivity contribution is -0.106. The number of methoxy groups -OCH3 is 1. The molecule has 1 aliphatic rings. The van der Waals surface area contributed by atoms with Crippen LogP contribution in [0.3, 0.4) is 0 Å². The van der Waals surface area contributed by atoms with Gasteiger partial charge in [0.25, 0.3) is 0 Å². The number of carbonyl (C=O) groups is 1. The summed E-state index contributed by atoms with van der Waals surface area (Å²) in [6.07, 6.45) is 7.36. The highest BCUT2D eigenvalue weighted by atomic mass is 32.2. The number of allylic oxidation sites excluding steroid dienone is 3. The average molecular weight is 406 g/mol. The van der Waals surface area contributed by atoms with Crippen LogP contribution in [-0.4, -0.2) is 38.0 Å². The van der Waals surface area contributed by atoms with Gasteiger partial charge in [0.2, 0.25) is 6.41 Å². The van der Waals surface area contributed by atoms with E-state index in [0.29, 0.717) is 5.92 Å². The summed E-state index contributed by atoms with van der Waals surface area (Å²) in [6, 6.07) is 8.25. The largest absolute Gasteiger partial charge is 0.496 e. The van der Waals surface area contributed by atoms with Gasteiger partial charge in [-0.1, -0.05) is 38.1 Å². The van der Waals surface area contributed by atoms with Crippen LogP contribution in [0, 0.1) is 5.92 Å². The van der Waals surface area contributed by atoms with Crippen LogP contribution in [0.1, 0.15) is 45.1 Å². The Bertz CT molecular complexity index is 653. The van der Waals surface area contributed by atoms with Gasteiger partial charge in [-0.05, 0) is 49.8 Å². The Morgan fingerprint density at radius 1 is 1.36 bits per heavy atom. The van der Waals surface area contributed by atoms with Crippen LogP contribution in [-0.2, 0) is 4.79 Å². The lowest BCUT2D eigenvalue weighted by atomic mass is 9.99. The standard InChI is InChI=1S/C21H32N2OS.CH3NO/c1-16-12-14-23(15-13-16)25-21(18(3)22-4)11-10-17(2)19-8-6-7-9-20(19)24-5;2-1-3/h6-11,16-17,22H,12-15H2,1-5H3;1H,(H2,2,3)/b11-10+,21-18+;. The summed E-state index contributed by atoms with van der Waals surface area (Å²) in [5.74, 6) is 2.11. The number of benzene rings is 1. The quantitative estimate of drug-likeness (QED) is 0.402. The van der Waals surface area contributed by atoms with Gasteiger partial charge in [0, 0.05) is 42.2 Å². The van der Waals surface area contributed by atoms with E-state index in [1.165, 1.54) is 42.1 Å².